The van der Waals surface area contributed by atoms with Crippen molar-refractivity contribution in [3.05, 3.63) is 54.5 Å². The van der Waals surface area contributed by atoms with Crippen molar-refractivity contribution < 1.29 is 13.2 Å². The second-order valence-corrected chi connectivity index (χ2v) is 8.25. The van der Waals surface area contributed by atoms with Crippen LogP contribution >= 0.6 is 11.3 Å². The van der Waals surface area contributed by atoms with Crippen LogP contribution in [0.25, 0.3) is 10.4 Å². The third kappa shape index (κ3) is 4.48. The average Bonchev–Trinajstić information content (AvgIpc) is 3.02. The number of anilines is 2. The molecule has 3 rings (SSSR count). The van der Waals surface area contributed by atoms with Gasteiger partial charge in [-0.25, -0.2) is 13.4 Å². The van der Waals surface area contributed by atoms with Gasteiger partial charge in [0.1, 0.15) is 0 Å². The molecule has 1 amide bonds. The summed E-state index contributed by atoms with van der Waals surface area (Å²) in [5.74, 6) is -0.335. The van der Waals surface area contributed by atoms with E-state index in [0.29, 0.717) is 22.1 Å². The number of nitrogens with one attached hydrogen (secondary N) is 2. The van der Waals surface area contributed by atoms with Crippen LogP contribution in [0.2, 0.25) is 0 Å². The molecule has 0 bridgehead atoms. The van der Waals surface area contributed by atoms with Gasteiger partial charge in [0.15, 0.2) is 5.13 Å². The second kappa shape index (κ2) is 7.82. The fourth-order valence-corrected chi connectivity index (χ4v) is 4.34. The van der Waals surface area contributed by atoms with E-state index in [2.05, 4.69) is 20.0 Å². The number of thiazole rings is 1. The number of carbonyl (C=O) groups excluding carboxylic acids is 1. The lowest BCUT2D eigenvalue weighted by atomic mass is 10.2. The molecule has 8 nitrogen and oxygen atoms in total. The summed E-state index contributed by atoms with van der Waals surface area (Å²) in [4.78, 5) is 20.8. The fraction of sp³-hybridized carbons (Fsp3) is 0.118. The van der Waals surface area contributed by atoms with Crippen molar-refractivity contribution in [1.82, 2.24) is 9.97 Å². The Morgan fingerprint density at radius 2 is 1.96 bits per heavy atom. The molecule has 0 aliphatic rings. The highest BCUT2D eigenvalue weighted by atomic mass is 32.2. The minimum atomic E-state index is -3.71. The smallest absolute Gasteiger partial charge is 0.261 e. The lowest BCUT2D eigenvalue weighted by Crippen LogP contribution is -2.21. The van der Waals surface area contributed by atoms with Crippen molar-refractivity contribution in [2.75, 3.05) is 16.6 Å². The van der Waals surface area contributed by atoms with E-state index in [-0.39, 0.29) is 17.3 Å². The SMILES string of the molecule is Cc1nc(NC(=O)CN)sc1-c1cncc(NS(=O)(=O)c2ccccc2)c1. The fourth-order valence-electron chi connectivity index (χ4n) is 2.32. The molecule has 2 heterocycles. The minimum absolute atomic E-state index is 0.133. The molecule has 27 heavy (non-hydrogen) atoms. The van der Waals surface area contributed by atoms with E-state index in [4.69, 9.17) is 5.73 Å². The van der Waals surface area contributed by atoms with E-state index in [1.165, 1.54) is 29.7 Å². The van der Waals surface area contributed by atoms with Gasteiger partial charge in [-0.05, 0) is 25.1 Å². The maximum absolute atomic E-state index is 12.5. The van der Waals surface area contributed by atoms with E-state index in [0.717, 1.165) is 4.88 Å². The van der Waals surface area contributed by atoms with E-state index in [1.807, 2.05) is 0 Å². The number of aromatic nitrogens is 2. The molecule has 3 aromatic rings. The molecule has 140 valence electrons. The molecule has 0 aliphatic carbocycles. The van der Waals surface area contributed by atoms with Crippen molar-refractivity contribution in [2.24, 2.45) is 5.73 Å². The minimum Gasteiger partial charge on any atom is -0.322 e. The monoisotopic (exact) mass is 403 g/mol. The van der Waals surface area contributed by atoms with Crippen LogP contribution in [0.1, 0.15) is 5.69 Å². The van der Waals surface area contributed by atoms with Gasteiger partial charge < -0.3 is 11.1 Å². The highest BCUT2D eigenvalue weighted by molar-refractivity contribution is 7.92. The number of aryl methyl sites for hydroxylation is 1. The maximum atomic E-state index is 12.5. The Balaban J connectivity index is 1.87. The standard InChI is InChI=1S/C17H17N5O3S2/c1-11-16(26-17(20-11)21-15(23)8-18)12-7-13(10-19-9-12)22-27(24,25)14-5-3-2-4-6-14/h2-7,9-10,22H,8,18H2,1H3,(H,20,21,23). The molecule has 0 fully saturated rings. The van der Waals surface area contributed by atoms with Gasteiger partial charge in [-0.3, -0.25) is 14.5 Å². The second-order valence-electron chi connectivity index (χ2n) is 5.57. The molecular formula is C17H17N5O3S2. The van der Waals surface area contributed by atoms with Crippen molar-refractivity contribution in [3.63, 3.8) is 0 Å². The topological polar surface area (TPSA) is 127 Å². The van der Waals surface area contributed by atoms with Crippen molar-refractivity contribution in [2.45, 2.75) is 11.8 Å². The van der Waals surface area contributed by atoms with Crippen molar-refractivity contribution in [3.8, 4) is 10.4 Å². The van der Waals surface area contributed by atoms with Gasteiger partial charge >= 0.3 is 0 Å². The van der Waals surface area contributed by atoms with Crippen LogP contribution < -0.4 is 15.8 Å². The normalized spacial score (nSPS) is 11.2. The molecule has 0 unspecified atom stereocenters. The van der Waals surface area contributed by atoms with Crippen LogP contribution in [0.3, 0.4) is 0 Å². The quantitative estimate of drug-likeness (QED) is 0.579. The number of carbonyl (C=O) groups is 1. The molecule has 1 aromatic carbocycles. The molecule has 10 heteroatoms. The number of benzene rings is 1. The van der Waals surface area contributed by atoms with Gasteiger partial charge in [-0.2, -0.15) is 0 Å². The average molecular weight is 403 g/mol. The van der Waals surface area contributed by atoms with Gasteiger partial charge in [0.05, 0.1) is 33.9 Å². The number of hydrogen-bond donors (Lipinski definition) is 3. The summed E-state index contributed by atoms with van der Waals surface area (Å²) in [6.07, 6.45) is 3.03. The first kappa shape index (κ1) is 19.0. The van der Waals surface area contributed by atoms with Crippen LogP contribution in [0, 0.1) is 6.92 Å². The van der Waals surface area contributed by atoms with Gasteiger partial charge in [-0.15, -0.1) is 0 Å². The Morgan fingerprint density at radius 1 is 1.22 bits per heavy atom. The Hall–Kier alpha value is -2.82. The largest absolute Gasteiger partial charge is 0.322 e. The molecule has 2 aromatic heterocycles. The summed E-state index contributed by atoms with van der Waals surface area (Å²) in [7, 11) is -3.71. The summed E-state index contributed by atoms with van der Waals surface area (Å²) >= 11 is 1.26. The number of pyridine rings is 1. The Kier molecular flexibility index (Phi) is 5.49. The number of nitrogens with two attached hydrogens (primary N) is 1. The van der Waals surface area contributed by atoms with Gasteiger partial charge in [0, 0.05) is 11.8 Å². The lowest BCUT2D eigenvalue weighted by Gasteiger charge is -2.08. The van der Waals surface area contributed by atoms with Crippen molar-refractivity contribution in [1.29, 1.82) is 0 Å². The first-order chi connectivity index (χ1) is 12.9. The first-order valence-electron chi connectivity index (χ1n) is 7.89. The summed E-state index contributed by atoms with van der Waals surface area (Å²) in [6.45, 7) is 1.66. The Bertz CT molecular complexity index is 1070. The van der Waals surface area contributed by atoms with Gasteiger partial charge in [0.25, 0.3) is 10.0 Å². The van der Waals surface area contributed by atoms with Crippen LogP contribution in [-0.2, 0) is 14.8 Å². The van der Waals surface area contributed by atoms with Gasteiger partial charge in [0.2, 0.25) is 5.91 Å². The van der Waals surface area contributed by atoms with Crippen LogP contribution in [0.5, 0.6) is 0 Å². The number of sulfonamides is 1. The number of rotatable bonds is 6. The molecule has 0 atom stereocenters. The Morgan fingerprint density at radius 3 is 2.67 bits per heavy atom. The number of amides is 1. The number of hydrogen-bond acceptors (Lipinski definition) is 7. The molecule has 0 saturated heterocycles. The summed E-state index contributed by atoms with van der Waals surface area (Å²) < 4.78 is 27.5. The van der Waals surface area contributed by atoms with Crippen LogP contribution in [-0.4, -0.2) is 30.8 Å². The highest BCUT2D eigenvalue weighted by Gasteiger charge is 2.16. The molecule has 0 spiro atoms. The summed E-state index contributed by atoms with van der Waals surface area (Å²) in [5.41, 5.74) is 7.00. The summed E-state index contributed by atoms with van der Waals surface area (Å²) in [6, 6.07) is 9.75. The van der Waals surface area contributed by atoms with E-state index < -0.39 is 10.0 Å². The van der Waals surface area contributed by atoms with Crippen LogP contribution in [0.4, 0.5) is 10.8 Å². The van der Waals surface area contributed by atoms with Crippen molar-refractivity contribution >= 4 is 38.1 Å². The Labute approximate surface area is 160 Å². The van der Waals surface area contributed by atoms with E-state index in [1.54, 1.807) is 37.4 Å². The molecule has 0 radical (unpaired) electrons. The maximum Gasteiger partial charge on any atom is 0.261 e. The zero-order chi connectivity index (χ0) is 19.4. The van der Waals surface area contributed by atoms with E-state index >= 15 is 0 Å². The molecular weight excluding hydrogens is 386 g/mol. The summed E-state index contributed by atoms with van der Waals surface area (Å²) in [5, 5.41) is 3.03. The number of nitrogens with zero attached hydrogens (tertiary/aromatic N) is 2. The third-order valence-corrected chi connectivity index (χ3v) is 6.05. The molecule has 0 aliphatic heterocycles. The zero-order valence-corrected chi connectivity index (χ0v) is 16.0. The zero-order valence-electron chi connectivity index (χ0n) is 14.3. The lowest BCUT2D eigenvalue weighted by molar-refractivity contribution is -0.114. The predicted octanol–water partition coefficient (Wildman–Crippen LogP) is 2.21. The van der Waals surface area contributed by atoms with Crippen LogP contribution in [0.15, 0.2) is 53.7 Å². The molecule has 4 N–H and O–H groups in total. The third-order valence-electron chi connectivity index (χ3n) is 3.53. The van der Waals surface area contributed by atoms with E-state index in [9.17, 15) is 13.2 Å². The van der Waals surface area contributed by atoms with Gasteiger partial charge in [-0.1, -0.05) is 29.5 Å². The highest BCUT2D eigenvalue weighted by Crippen LogP contribution is 2.33. The first-order valence-corrected chi connectivity index (χ1v) is 10.2. The predicted molar refractivity (Wildman–Crippen MR) is 105 cm³/mol. The molecule has 0 saturated carbocycles.